The van der Waals surface area contributed by atoms with Crippen LogP contribution in [0.15, 0.2) is 85.2 Å². The summed E-state index contributed by atoms with van der Waals surface area (Å²) in [5, 5.41) is 1.32. The Morgan fingerprint density at radius 3 is 1.57 bits per heavy atom. The van der Waals surface area contributed by atoms with E-state index in [1.807, 2.05) is 60.7 Å². The maximum Gasteiger partial charge on any atom is 0.196 e. The van der Waals surface area contributed by atoms with E-state index in [4.69, 9.17) is 23.2 Å². The third-order valence-electron chi connectivity index (χ3n) is 4.79. The minimum Gasteiger partial charge on any atom is -0.288 e. The van der Waals surface area contributed by atoms with Crippen LogP contribution in [-0.4, -0.2) is 15.8 Å². The average molecular weight is 433 g/mol. The zero-order valence-corrected chi connectivity index (χ0v) is 17.6. The second-order valence-electron chi connectivity index (χ2n) is 6.94. The van der Waals surface area contributed by atoms with E-state index >= 15 is 0 Å². The van der Waals surface area contributed by atoms with Gasteiger partial charge in [-0.15, -0.1) is 0 Å². The van der Waals surface area contributed by atoms with Crippen molar-refractivity contribution in [3.63, 3.8) is 0 Å². The molecule has 0 aliphatic heterocycles. The van der Waals surface area contributed by atoms with Crippen LogP contribution in [0.1, 0.15) is 38.4 Å². The van der Waals surface area contributed by atoms with Crippen molar-refractivity contribution in [3.8, 4) is 0 Å². The summed E-state index contributed by atoms with van der Waals surface area (Å²) in [4.78, 5) is 22.4. The van der Waals surface area contributed by atoms with Crippen molar-refractivity contribution in [2.24, 2.45) is 0 Å². The third-order valence-corrected chi connectivity index (χ3v) is 5.26. The normalized spacial score (nSPS) is 10.7. The molecule has 5 heteroatoms. The zero-order valence-electron chi connectivity index (χ0n) is 16.1. The van der Waals surface area contributed by atoms with Crippen molar-refractivity contribution in [1.82, 2.24) is 9.97 Å². The van der Waals surface area contributed by atoms with E-state index in [0.29, 0.717) is 45.4 Å². The molecule has 4 rings (SSSR count). The minimum atomic E-state index is -0.0924. The van der Waals surface area contributed by atoms with E-state index in [9.17, 15) is 4.79 Å². The van der Waals surface area contributed by atoms with Gasteiger partial charge in [0, 0.05) is 46.4 Å². The summed E-state index contributed by atoms with van der Waals surface area (Å²) < 4.78 is 0. The van der Waals surface area contributed by atoms with Gasteiger partial charge in [0.15, 0.2) is 5.78 Å². The predicted octanol–water partition coefficient (Wildman–Crippen LogP) is 6.20. The van der Waals surface area contributed by atoms with Crippen molar-refractivity contribution in [3.05, 3.63) is 129 Å². The number of halogens is 2. The van der Waals surface area contributed by atoms with Gasteiger partial charge in [0.25, 0.3) is 0 Å². The molecule has 4 aromatic rings. The molecule has 0 saturated heterocycles. The molecule has 0 spiro atoms. The quantitative estimate of drug-likeness (QED) is 0.340. The Kier molecular flexibility index (Phi) is 6.22. The largest absolute Gasteiger partial charge is 0.288 e. The van der Waals surface area contributed by atoms with E-state index in [2.05, 4.69) is 9.97 Å². The van der Waals surface area contributed by atoms with Gasteiger partial charge in [0.2, 0.25) is 0 Å². The zero-order chi connectivity index (χ0) is 20.9. The molecule has 0 saturated carbocycles. The minimum absolute atomic E-state index is 0.0924. The molecule has 2 aromatic heterocycles. The lowest BCUT2D eigenvalue weighted by Crippen LogP contribution is -2.11. The van der Waals surface area contributed by atoms with Gasteiger partial charge in [0.05, 0.1) is 11.4 Å². The summed E-state index contributed by atoms with van der Waals surface area (Å²) in [6, 6.07) is 22.4. The molecular weight excluding hydrogens is 415 g/mol. The summed E-state index contributed by atoms with van der Waals surface area (Å²) in [7, 11) is 0. The smallest absolute Gasteiger partial charge is 0.196 e. The van der Waals surface area contributed by atoms with Crippen LogP contribution < -0.4 is 0 Å². The van der Waals surface area contributed by atoms with Crippen LogP contribution in [-0.2, 0) is 12.8 Å². The molecule has 0 amide bonds. The molecular formula is C25H18Cl2N2O. The van der Waals surface area contributed by atoms with Crippen LogP contribution in [0, 0.1) is 0 Å². The Labute approximate surface area is 185 Å². The van der Waals surface area contributed by atoms with E-state index in [-0.39, 0.29) is 5.78 Å². The van der Waals surface area contributed by atoms with Crippen LogP contribution >= 0.6 is 23.2 Å². The monoisotopic (exact) mass is 432 g/mol. The molecule has 30 heavy (non-hydrogen) atoms. The maximum atomic E-state index is 13.5. The third kappa shape index (κ3) is 4.76. The molecule has 148 valence electrons. The number of benzene rings is 2. The fourth-order valence-electron chi connectivity index (χ4n) is 3.40. The summed E-state index contributed by atoms with van der Waals surface area (Å²) in [6.45, 7) is 0. The molecule has 0 unspecified atom stereocenters. The van der Waals surface area contributed by atoms with Gasteiger partial charge in [0.1, 0.15) is 0 Å². The molecule has 0 radical (unpaired) electrons. The first kappa shape index (κ1) is 20.3. The maximum absolute atomic E-state index is 13.5. The Bertz CT molecular complexity index is 1110. The highest BCUT2D eigenvalue weighted by Gasteiger charge is 2.19. The van der Waals surface area contributed by atoms with Crippen LogP contribution in [0.2, 0.25) is 10.0 Å². The van der Waals surface area contributed by atoms with Crippen LogP contribution in [0.4, 0.5) is 0 Å². The van der Waals surface area contributed by atoms with Gasteiger partial charge in [-0.05, 0) is 59.7 Å². The first-order valence-corrected chi connectivity index (χ1v) is 10.3. The Balaban J connectivity index is 1.67. The lowest BCUT2D eigenvalue weighted by molar-refractivity contribution is 0.103. The molecule has 0 N–H and O–H groups in total. The number of ketones is 1. The highest BCUT2D eigenvalue weighted by Crippen LogP contribution is 2.21. The highest BCUT2D eigenvalue weighted by atomic mass is 35.5. The number of pyridine rings is 2. The first-order valence-electron chi connectivity index (χ1n) is 9.51. The first-order chi connectivity index (χ1) is 14.6. The standard InChI is InChI=1S/C25H18Cl2N2O/c26-19-7-1-5-17(13-19)15-23-21(9-3-11-28-23)25(30)22-10-4-12-29-24(22)16-18-6-2-8-20(27)14-18/h1-14H,15-16H2. The fraction of sp³-hybridized carbons (Fsp3) is 0.0800. The van der Waals surface area contributed by atoms with Gasteiger partial charge >= 0.3 is 0 Å². The van der Waals surface area contributed by atoms with Crippen molar-refractivity contribution in [2.45, 2.75) is 12.8 Å². The van der Waals surface area contributed by atoms with Crippen molar-refractivity contribution < 1.29 is 4.79 Å². The molecule has 0 aliphatic rings. The second kappa shape index (κ2) is 9.21. The van der Waals surface area contributed by atoms with E-state index in [1.165, 1.54) is 0 Å². The van der Waals surface area contributed by atoms with Gasteiger partial charge in [-0.25, -0.2) is 0 Å². The molecule has 0 atom stereocenters. The van der Waals surface area contributed by atoms with Crippen molar-refractivity contribution in [2.75, 3.05) is 0 Å². The number of carbonyl (C=O) groups excluding carboxylic acids is 1. The lowest BCUT2D eigenvalue weighted by Gasteiger charge is -2.11. The summed E-state index contributed by atoms with van der Waals surface area (Å²) >= 11 is 12.2. The van der Waals surface area contributed by atoms with E-state index in [1.54, 1.807) is 24.5 Å². The van der Waals surface area contributed by atoms with E-state index in [0.717, 1.165) is 11.1 Å². The Morgan fingerprint density at radius 2 is 1.13 bits per heavy atom. The molecule has 0 bridgehead atoms. The topological polar surface area (TPSA) is 42.9 Å². The Hall–Kier alpha value is -3.01. The van der Waals surface area contributed by atoms with Gasteiger partial charge in [-0.1, -0.05) is 47.5 Å². The van der Waals surface area contributed by atoms with Crippen LogP contribution in [0.3, 0.4) is 0 Å². The number of aromatic nitrogens is 2. The summed E-state index contributed by atoms with van der Waals surface area (Å²) in [6.07, 6.45) is 4.44. The molecule has 0 fully saturated rings. The Morgan fingerprint density at radius 1 is 0.667 bits per heavy atom. The number of carbonyl (C=O) groups is 1. The SMILES string of the molecule is O=C(c1cccnc1Cc1cccc(Cl)c1)c1cccnc1Cc1cccc(Cl)c1. The fourth-order valence-corrected chi connectivity index (χ4v) is 3.82. The molecule has 3 nitrogen and oxygen atoms in total. The summed E-state index contributed by atoms with van der Waals surface area (Å²) in [5.74, 6) is -0.0924. The molecule has 0 aliphatic carbocycles. The van der Waals surface area contributed by atoms with Gasteiger partial charge < -0.3 is 0 Å². The second-order valence-corrected chi connectivity index (χ2v) is 7.81. The predicted molar refractivity (Wildman–Crippen MR) is 120 cm³/mol. The molecule has 2 heterocycles. The average Bonchev–Trinajstić information content (AvgIpc) is 2.74. The lowest BCUT2D eigenvalue weighted by atomic mass is 9.95. The van der Waals surface area contributed by atoms with Crippen molar-refractivity contribution >= 4 is 29.0 Å². The number of hydrogen-bond donors (Lipinski definition) is 0. The number of rotatable bonds is 6. The van der Waals surface area contributed by atoms with Crippen LogP contribution in [0.5, 0.6) is 0 Å². The summed E-state index contributed by atoms with van der Waals surface area (Å²) in [5.41, 5.74) is 4.56. The number of nitrogens with zero attached hydrogens (tertiary/aromatic N) is 2. The molecule has 2 aromatic carbocycles. The van der Waals surface area contributed by atoms with Gasteiger partial charge in [-0.2, -0.15) is 0 Å². The van der Waals surface area contributed by atoms with E-state index < -0.39 is 0 Å². The number of hydrogen-bond acceptors (Lipinski definition) is 3. The van der Waals surface area contributed by atoms with Gasteiger partial charge in [-0.3, -0.25) is 14.8 Å². The van der Waals surface area contributed by atoms with Crippen LogP contribution in [0.25, 0.3) is 0 Å². The van der Waals surface area contributed by atoms with Crippen molar-refractivity contribution in [1.29, 1.82) is 0 Å². The highest BCUT2D eigenvalue weighted by molar-refractivity contribution is 6.30.